The summed E-state index contributed by atoms with van der Waals surface area (Å²) in [5, 5.41) is 0. The van der Waals surface area contributed by atoms with Crippen LogP contribution in [0.3, 0.4) is 0 Å². The highest BCUT2D eigenvalue weighted by molar-refractivity contribution is 5.91. The summed E-state index contributed by atoms with van der Waals surface area (Å²) in [5.74, 6) is 2.06. The Hall–Kier alpha value is -2.40. The second kappa shape index (κ2) is 11.1. The zero-order chi connectivity index (χ0) is 23.5. The largest absolute Gasteiger partial charge is 1.00 e. The highest BCUT2D eigenvalue weighted by Crippen LogP contribution is 2.48. The second-order valence-corrected chi connectivity index (χ2v) is 10.5. The standard InChI is InChI=1S/C30H37N3O.BrH/c1-23-32(22-24-11-5-2-6-12-24)19-20-33(23)28-18-17-27(21-28)30(29(31)34,25-13-7-3-8-14-25)26-15-9-4-10-16-26;/h3-4,7-10,13-16,19-20,24,27-28H,2,5-6,11-12,17-18,21-22H2,1H3,(H-,31,34);1H/t27-,28+;/m1./s1. The molecule has 4 nitrogen and oxygen atoms in total. The SMILES string of the molecule is Cc1n(CC2CCCCC2)cc[n+]1[C@H]1CC[C@@H](C(C(N)=O)(c2ccccc2)c2ccccc2)C1.[Br-]. The summed E-state index contributed by atoms with van der Waals surface area (Å²) >= 11 is 0. The quantitative estimate of drug-likeness (QED) is 0.464. The molecule has 5 heteroatoms. The minimum absolute atomic E-state index is 0. The van der Waals surface area contributed by atoms with Crippen LogP contribution in [-0.2, 0) is 16.8 Å². The lowest BCUT2D eigenvalue weighted by atomic mass is 9.64. The molecule has 0 spiro atoms. The number of nitrogens with zero attached hydrogens (tertiary/aromatic N) is 2. The fourth-order valence-electron chi connectivity index (χ4n) is 6.87. The van der Waals surface area contributed by atoms with Crippen molar-refractivity contribution in [2.75, 3.05) is 0 Å². The first-order chi connectivity index (χ1) is 16.6. The van der Waals surface area contributed by atoms with Crippen LogP contribution in [0.5, 0.6) is 0 Å². The average molecular weight is 537 g/mol. The molecule has 0 bridgehead atoms. The van der Waals surface area contributed by atoms with Crippen LogP contribution in [0.25, 0.3) is 0 Å². The number of halogens is 1. The Kier molecular flexibility index (Phi) is 8.16. The summed E-state index contributed by atoms with van der Waals surface area (Å²) in [6.45, 7) is 3.39. The van der Waals surface area contributed by atoms with Crippen molar-refractivity contribution in [1.82, 2.24) is 4.57 Å². The van der Waals surface area contributed by atoms with E-state index in [4.69, 9.17) is 5.73 Å². The van der Waals surface area contributed by atoms with Crippen LogP contribution in [0.4, 0.5) is 0 Å². The molecule has 0 saturated heterocycles. The minimum Gasteiger partial charge on any atom is -1.00 e. The summed E-state index contributed by atoms with van der Waals surface area (Å²) in [5.41, 5.74) is 7.50. The third-order valence-electron chi connectivity index (χ3n) is 8.63. The van der Waals surface area contributed by atoms with Gasteiger partial charge in [-0.25, -0.2) is 9.13 Å². The Morgan fingerprint density at radius 3 is 2.11 bits per heavy atom. The van der Waals surface area contributed by atoms with Gasteiger partial charge in [-0.05, 0) is 55.1 Å². The number of primary amides is 1. The number of hydrogen-bond donors (Lipinski definition) is 1. The number of aromatic nitrogens is 2. The van der Waals surface area contributed by atoms with E-state index in [9.17, 15) is 4.79 Å². The normalized spacial score (nSPS) is 20.9. The van der Waals surface area contributed by atoms with Crippen LogP contribution < -0.4 is 27.3 Å². The lowest BCUT2D eigenvalue weighted by molar-refractivity contribution is -0.727. The number of carbonyl (C=O) groups is 1. The predicted octanol–water partition coefficient (Wildman–Crippen LogP) is 2.48. The van der Waals surface area contributed by atoms with Gasteiger partial charge < -0.3 is 22.7 Å². The number of amides is 1. The molecule has 0 unspecified atom stereocenters. The lowest BCUT2D eigenvalue weighted by Crippen LogP contribution is -3.00. The second-order valence-electron chi connectivity index (χ2n) is 10.5. The average Bonchev–Trinajstić information content (AvgIpc) is 3.49. The molecule has 186 valence electrons. The Labute approximate surface area is 220 Å². The van der Waals surface area contributed by atoms with E-state index < -0.39 is 5.41 Å². The summed E-state index contributed by atoms with van der Waals surface area (Å²) in [6, 6.07) is 20.8. The van der Waals surface area contributed by atoms with Crippen molar-refractivity contribution < 1.29 is 26.3 Å². The molecular formula is C30H38BrN3O. The Morgan fingerprint density at radius 1 is 0.943 bits per heavy atom. The third-order valence-corrected chi connectivity index (χ3v) is 8.63. The van der Waals surface area contributed by atoms with Gasteiger partial charge in [0.05, 0.1) is 6.54 Å². The number of carbonyl (C=O) groups excluding carboxylic acids is 1. The van der Waals surface area contributed by atoms with E-state index in [0.717, 1.165) is 42.9 Å². The Balaban J connectivity index is 0.00000289. The maximum absolute atomic E-state index is 13.4. The zero-order valence-corrected chi connectivity index (χ0v) is 22.4. The monoisotopic (exact) mass is 535 g/mol. The lowest BCUT2D eigenvalue weighted by Gasteiger charge is -2.37. The first kappa shape index (κ1) is 25.7. The van der Waals surface area contributed by atoms with Crippen molar-refractivity contribution in [1.29, 1.82) is 0 Å². The number of rotatable bonds is 7. The van der Waals surface area contributed by atoms with Crippen molar-refractivity contribution in [3.05, 3.63) is 90.0 Å². The fraction of sp³-hybridized carbons (Fsp3) is 0.467. The molecule has 2 atom stereocenters. The van der Waals surface area contributed by atoms with E-state index in [-0.39, 0.29) is 28.8 Å². The van der Waals surface area contributed by atoms with E-state index in [1.807, 2.05) is 36.4 Å². The molecule has 2 aromatic carbocycles. The summed E-state index contributed by atoms with van der Waals surface area (Å²) in [4.78, 5) is 13.4. The summed E-state index contributed by atoms with van der Waals surface area (Å²) < 4.78 is 4.92. The van der Waals surface area contributed by atoms with Crippen molar-refractivity contribution in [3.63, 3.8) is 0 Å². The van der Waals surface area contributed by atoms with Gasteiger partial charge in [-0.1, -0.05) is 79.9 Å². The minimum atomic E-state index is -0.809. The van der Waals surface area contributed by atoms with Gasteiger partial charge in [-0.2, -0.15) is 0 Å². The van der Waals surface area contributed by atoms with Crippen LogP contribution in [0.1, 0.15) is 74.4 Å². The van der Waals surface area contributed by atoms with E-state index in [2.05, 4.69) is 52.7 Å². The van der Waals surface area contributed by atoms with Gasteiger partial charge in [0.15, 0.2) is 0 Å². The molecule has 0 radical (unpaired) electrons. The molecule has 2 aliphatic carbocycles. The van der Waals surface area contributed by atoms with Crippen LogP contribution in [0.15, 0.2) is 73.1 Å². The van der Waals surface area contributed by atoms with Gasteiger partial charge in [0, 0.05) is 6.92 Å². The number of nitrogens with two attached hydrogens (primary N) is 1. The molecule has 5 rings (SSSR count). The highest BCUT2D eigenvalue weighted by Gasteiger charge is 2.51. The van der Waals surface area contributed by atoms with Crippen LogP contribution >= 0.6 is 0 Å². The molecule has 3 aromatic rings. The van der Waals surface area contributed by atoms with Gasteiger partial charge in [-0.3, -0.25) is 4.79 Å². The van der Waals surface area contributed by atoms with Crippen LogP contribution in [0.2, 0.25) is 0 Å². The van der Waals surface area contributed by atoms with E-state index in [1.54, 1.807) is 0 Å². The maximum Gasteiger partial charge on any atom is 0.253 e. The molecule has 35 heavy (non-hydrogen) atoms. The molecule has 1 heterocycles. The van der Waals surface area contributed by atoms with E-state index in [0.29, 0.717) is 6.04 Å². The number of imidazole rings is 1. The molecule has 2 fully saturated rings. The molecule has 2 saturated carbocycles. The highest BCUT2D eigenvalue weighted by atomic mass is 79.9. The Morgan fingerprint density at radius 2 is 1.54 bits per heavy atom. The van der Waals surface area contributed by atoms with Crippen LogP contribution in [-0.4, -0.2) is 10.5 Å². The Bertz CT molecular complexity index is 1070. The van der Waals surface area contributed by atoms with Crippen molar-refractivity contribution in [3.8, 4) is 0 Å². The predicted molar refractivity (Wildman–Crippen MR) is 135 cm³/mol. The first-order valence-electron chi connectivity index (χ1n) is 13.1. The van der Waals surface area contributed by atoms with Gasteiger partial charge in [-0.15, -0.1) is 0 Å². The fourth-order valence-corrected chi connectivity index (χ4v) is 6.87. The molecule has 1 aromatic heterocycles. The topological polar surface area (TPSA) is 51.9 Å². The molecular weight excluding hydrogens is 498 g/mol. The molecule has 1 amide bonds. The van der Waals surface area contributed by atoms with Crippen molar-refractivity contribution >= 4 is 5.91 Å². The summed E-state index contributed by atoms with van der Waals surface area (Å²) in [6.07, 6.45) is 14.4. The van der Waals surface area contributed by atoms with Gasteiger partial charge in [0.1, 0.15) is 23.9 Å². The molecule has 0 aliphatic heterocycles. The summed E-state index contributed by atoms with van der Waals surface area (Å²) in [7, 11) is 0. The first-order valence-corrected chi connectivity index (χ1v) is 13.1. The van der Waals surface area contributed by atoms with Gasteiger partial charge >= 0.3 is 0 Å². The van der Waals surface area contributed by atoms with E-state index >= 15 is 0 Å². The van der Waals surface area contributed by atoms with Crippen LogP contribution in [0, 0.1) is 18.8 Å². The van der Waals surface area contributed by atoms with Gasteiger partial charge in [0.25, 0.3) is 5.82 Å². The number of hydrogen-bond acceptors (Lipinski definition) is 1. The van der Waals surface area contributed by atoms with Crippen molar-refractivity contribution in [2.24, 2.45) is 17.6 Å². The number of benzene rings is 2. The zero-order valence-electron chi connectivity index (χ0n) is 20.8. The van der Waals surface area contributed by atoms with Gasteiger partial charge in [0.2, 0.25) is 5.91 Å². The van der Waals surface area contributed by atoms with Crippen molar-refractivity contribution in [2.45, 2.75) is 76.3 Å². The smallest absolute Gasteiger partial charge is 0.253 e. The molecule has 2 N–H and O–H groups in total. The van der Waals surface area contributed by atoms with E-state index in [1.165, 1.54) is 37.9 Å². The third kappa shape index (κ3) is 4.84. The molecule has 2 aliphatic rings. The maximum atomic E-state index is 13.4.